The van der Waals surface area contributed by atoms with Gasteiger partial charge in [-0.1, -0.05) is 18.2 Å². The third kappa shape index (κ3) is 3.80. The molecule has 0 aliphatic rings. The summed E-state index contributed by atoms with van der Waals surface area (Å²) in [5, 5.41) is 8.29. The first-order valence-electron chi connectivity index (χ1n) is 6.43. The Bertz CT molecular complexity index is 760. The van der Waals surface area contributed by atoms with Gasteiger partial charge in [-0.3, -0.25) is 0 Å². The molecule has 0 saturated heterocycles. The first kappa shape index (κ1) is 15.5. The zero-order valence-electron chi connectivity index (χ0n) is 11.8. The van der Waals surface area contributed by atoms with Crippen molar-refractivity contribution in [2.75, 3.05) is 5.32 Å². The van der Waals surface area contributed by atoms with E-state index in [0.717, 1.165) is 11.1 Å². The Hall–Kier alpha value is -1.92. The van der Waals surface area contributed by atoms with Crippen LogP contribution in [0.3, 0.4) is 0 Å². The molecule has 0 aliphatic carbocycles. The molecule has 0 amide bonds. The highest BCUT2D eigenvalue weighted by atomic mass is 32.2. The summed E-state index contributed by atoms with van der Waals surface area (Å²) in [5.74, 6) is -0.325. The van der Waals surface area contributed by atoms with Gasteiger partial charge in [0.2, 0.25) is 10.0 Å². The Morgan fingerprint density at radius 3 is 2.57 bits per heavy atom. The van der Waals surface area contributed by atoms with Crippen molar-refractivity contribution in [3.05, 3.63) is 59.4 Å². The summed E-state index contributed by atoms with van der Waals surface area (Å²) >= 11 is 0. The Morgan fingerprint density at radius 1 is 1.19 bits per heavy atom. The van der Waals surface area contributed by atoms with E-state index in [0.29, 0.717) is 5.69 Å². The Balaban J connectivity index is 2.28. The number of rotatable bonds is 4. The van der Waals surface area contributed by atoms with E-state index in [2.05, 4.69) is 5.32 Å². The molecular weight excluding hydrogens is 291 g/mol. The molecule has 2 rings (SSSR count). The first-order chi connectivity index (χ1) is 9.77. The van der Waals surface area contributed by atoms with Crippen molar-refractivity contribution in [3.8, 4) is 0 Å². The van der Waals surface area contributed by atoms with Crippen LogP contribution in [0.5, 0.6) is 0 Å². The fourth-order valence-electron chi connectivity index (χ4n) is 2.03. The van der Waals surface area contributed by atoms with Crippen molar-refractivity contribution >= 4 is 15.7 Å². The maximum absolute atomic E-state index is 13.3. The number of hydrogen-bond acceptors (Lipinski definition) is 3. The van der Waals surface area contributed by atoms with Gasteiger partial charge in [0, 0.05) is 11.7 Å². The monoisotopic (exact) mass is 308 g/mol. The van der Waals surface area contributed by atoms with Gasteiger partial charge in [0.25, 0.3) is 0 Å². The van der Waals surface area contributed by atoms with Gasteiger partial charge >= 0.3 is 0 Å². The summed E-state index contributed by atoms with van der Waals surface area (Å²) < 4.78 is 36.0. The fourth-order valence-corrected chi connectivity index (χ4v) is 2.60. The molecule has 2 aromatic rings. The number of aryl methyl sites for hydroxylation is 1. The highest BCUT2D eigenvalue weighted by Crippen LogP contribution is 2.24. The summed E-state index contributed by atoms with van der Waals surface area (Å²) in [5.41, 5.74) is 2.33. The highest BCUT2D eigenvalue weighted by Gasteiger charge is 2.12. The number of primary sulfonamides is 1. The van der Waals surface area contributed by atoms with Gasteiger partial charge in [0.15, 0.2) is 0 Å². The third-order valence-corrected chi connectivity index (χ3v) is 4.17. The van der Waals surface area contributed by atoms with Gasteiger partial charge in [0.1, 0.15) is 5.82 Å². The standard InChI is InChI=1S/C15H17FN2O2S/c1-10-6-7-13(16)9-15(10)18-11(2)12-4-3-5-14(8-12)21(17,19)20/h3-9,11,18H,1-2H3,(H2,17,19,20). The van der Waals surface area contributed by atoms with E-state index in [9.17, 15) is 12.8 Å². The van der Waals surface area contributed by atoms with Crippen LogP contribution in [0.25, 0.3) is 0 Å². The SMILES string of the molecule is Cc1ccc(F)cc1NC(C)c1cccc(S(N)(=O)=O)c1. The van der Waals surface area contributed by atoms with Gasteiger partial charge in [-0.2, -0.15) is 0 Å². The maximum Gasteiger partial charge on any atom is 0.238 e. The maximum atomic E-state index is 13.3. The predicted molar refractivity (Wildman–Crippen MR) is 81.0 cm³/mol. The molecule has 0 aromatic heterocycles. The molecule has 21 heavy (non-hydrogen) atoms. The first-order valence-corrected chi connectivity index (χ1v) is 7.97. The molecule has 0 radical (unpaired) electrons. The second-order valence-electron chi connectivity index (χ2n) is 4.94. The normalized spacial score (nSPS) is 13.0. The van der Waals surface area contributed by atoms with Crippen LogP contribution in [0.15, 0.2) is 47.4 Å². The van der Waals surface area contributed by atoms with E-state index in [1.165, 1.54) is 24.3 Å². The van der Waals surface area contributed by atoms with Crippen molar-refractivity contribution in [3.63, 3.8) is 0 Å². The van der Waals surface area contributed by atoms with E-state index in [4.69, 9.17) is 5.14 Å². The Morgan fingerprint density at radius 2 is 1.90 bits per heavy atom. The molecule has 4 nitrogen and oxygen atoms in total. The van der Waals surface area contributed by atoms with Crippen LogP contribution >= 0.6 is 0 Å². The van der Waals surface area contributed by atoms with Crippen LogP contribution in [0.1, 0.15) is 24.1 Å². The predicted octanol–water partition coefficient (Wildman–Crippen LogP) is 2.95. The second-order valence-corrected chi connectivity index (χ2v) is 6.50. The minimum atomic E-state index is -3.73. The fraction of sp³-hybridized carbons (Fsp3) is 0.200. The third-order valence-electron chi connectivity index (χ3n) is 3.26. The van der Waals surface area contributed by atoms with Crippen molar-refractivity contribution < 1.29 is 12.8 Å². The number of nitrogens with one attached hydrogen (secondary N) is 1. The van der Waals surface area contributed by atoms with Crippen LogP contribution in [-0.4, -0.2) is 8.42 Å². The summed E-state index contributed by atoms with van der Waals surface area (Å²) in [6.07, 6.45) is 0. The zero-order chi connectivity index (χ0) is 15.6. The number of nitrogens with two attached hydrogens (primary N) is 1. The average molecular weight is 308 g/mol. The molecule has 2 aromatic carbocycles. The number of sulfonamides is 1. The van der Waals surface area contributed by atoms with Crippen molar-refractivity contribution in [1.29, 1.82) is 0 Å². The van der Waals surface area contributed by atoms with Gasteiger partial charge in [-0.25, -0.2) is 17.9 Å². The molecule has 1 unspecified atom stereocenters. The van der Waals surface area contributed by atoms with E-state index >= 15 is 0 Å². The van der Waals surface area contributed by atoms with E-state index in [-0.39, 0.29) is 16.8 Å². The lowest BCUT2D eigenvalue weighted by molar-refractivity contribution is 0.597. The van der Waals surface area contributed by atoms with Gasteiger partial charge in [-0.15, -0.1) is 0 Å². The molecule has 0 bridgehead atoms. The van der Waals surface area contributed by atoms with Crippen molar-refractivity contribution in [2.24, 2.45) is 5.14 Å². The molecule has 0 spiro atoms. The van der Waals surface area contributed by atoms with Gasteiger partial charge < -0.3 is 5.32 Å². The summed E-state index contributed by atoms with van der Waals surface area (Å²) in [7, 11) is -3.73. The molecule has 6 heteroatoms. The van der Waals surface area contributed by atoms with E-state index in [1.807, 2.05) is 13.8 Å². The topological polar surface area (TPSA) is 72.2 Å². The minimum Gasteiger partial charge on any atom is -0.378 e. The molecular formula is C15H17FN2O2S. The molecule has 0 fully saturated rings. The van der Waals surface area contributed by atoms with Crippen LogP contribution < -0.4 is 10.5 Å². The van der Waals surface area contributed by atoms with E-state index < -0.39 is 10.0 Å². The lowest BCUT2D eigenvalue weighted by Crippen LogP contribution is -2.14. The molecule has 0 saturated carbocycles. The number of halogens is 1. The van der Waals surface area contributed by atoms with Crippen LogP contribution in [-0.2, 0) is 10.0 Å². The van der Waals surface area contributed by atoms with Crippen molar-refractivity contribution in [1.82, 2.24) is 0 Å². The quantitative estimate of drug-likeness (QED) is 0.912. The Labute approximate surface area is 123 Å². The van der Waals surface area contributed by atoms with Crippen LogP contribution in [0.4, 0.5) is 10.1 Å². The molecule has 1 atom stereocenters. The van der Waals surface area contributed by atoms with Gasteiger partial charge in [0.05, 0.1) is 4.90 Å². The smallest absolute Gasteiger partial charge is 0.238 e. The number of benzene rings is 2. The molecule has 3 N–H and O–H groups in total. The molecule has 0 aliphatic heterocycles. The van der Waals surface area contributed by atoms with Crippen LogP contribution in [0.2, 0.25) is 0 Å². The zero-order valence-corrected chi connectivity index (χ0v) is 12.6. The average Bonchev–Trinajstić information content (AvgIpc) is 2.42. The molecule has 112 valence electrons. The second kappa shape index (κ2) is 5.83. The van der Waals surface area contributed by atoms with E-state index in [1.54, 1.807) is 18.2 Å². The lowest BCUT2D eigenvalue weighted by atomic mass is 10.1. The van der Waals surface area contributed by atoms with Crippen LogP contribution in [0, 0.1) is 12.7 Å². The minimum absolute atomic E-state index is 0.0598. The Kier molecular flexibility index (Phi) is 4.29. The summed E-state index contributed by atoms with van der Waals surface area (Å²) in [4.78, 5) is 0.0598. The van der Waals surface area contributed by atoms with Gasteiger partial charge in [-0.05, 0) is 49.2 Å². The largest absolute Gasteiger partial charge is 0.378 e. The number of hydrogen-bond donors (Lipinski definition) is 2. The molecule has 0 heterocycles. The van der Waals surface area contributed by atoms with Crippen molar-refractivity contribution in [2.45, 2.75) is 24.8 Å². The highest BCUT2D eigenvalue weighted by molar-refractivity contribution is 7.89. The number of anilines is 1. The summed E-state index contributed by atoms with van der Waals surface area (Å²) in [6.45, 7) is 3.74. The summed E-state index contributed by atoms with van der Waals surface area (Å²) in [6, 6.07) is 10.7. The lowest BCUT2D eigenvalue weighted by Gasteiger charge is -2.18.